The second-order valence-corrected chi connectivity index (χ2v) is 3.73. The molecule has 0 saturated carbocycles. The van der Waals surface area contributed by atoms with E-state index in [-0.39, 0.29) is 6.04 Å². The Morgan fingerprint density at radius 3 is 2.00 bits per heavy atom. The number of rotatable bonds is 2. The van der Waals surface area contributed by atoms with E-state index in [2.05, 4.69) is 6.07 Å². The second-order valence-electron chi connectivity index (χ2n) is 3.73. The van der Waals surface area contributed by atoms with E-state index in [0.29, 0.717) is 0 Å². The summed E-state index contributed by atoms with van der Waals surface area (Å²) in [4.78, 5) is 0. The summed E-state index contributed by atoms with van der Waals surface area (Å²) in [6.45, 7) is 5.84. The molecule has 3 N–H and O–H groups in total. The molecule has 13 heavy (non-hydrogen) atoms. The first-order valence-corrected chi connectivity index (χ1v) is 4.52. The largest absolute Gasteiger partial charge is 0.387 e. The van der Waals surface area contributed by atoms with Gasteiger partial charge in [0.05, 0.1) is 6.10 Å². The zero-order valence-corrected chi connectivity index (χ0v) is 8.41. The first-order valence-electron chi connectivity index (χ1n) is 4.52. The van der Waals surface area contributed by atoms with Crippen molar-refractivity contribution in [1.82, 2.24) is 0 Å². The van der Waals surface area contributed by atoms with Gasteiger partial charge in [-0.2, -0.15) is 0 Å². The number of hydrogen-bond acceptors (Lipinski definition) is 2. The lowest BCUT2D eigenvalue weighted by molar-refractivity contribution is 0.153. The molecule has 0 radical (unpaired) electrons. The van der Waals surface area contributed by atoms with Crippen LogP contribution in [0.4, 0.5) is 0 Å². The third-order valence-electron chi connectivity index (χ3n) is 2.08. The van der Waals surface area contributed by atoms with Gasteiger partial charge < -0.3 is 10.8 Å². The van der Waals surface area contributed by atoms with Crippen molar-refractivity contribution in [3.05, 3.63) is 34.9 Å². The summed E-state index contributed by atoms with van der Waals surface area (Å²) in [7, 11) is 0. The molecule has 0 fully saturated rings. The molecule has 2 nitrogen and oxygen atoms in total. The van der Waals surface area contributed by atoms with Crippen molar-refractivity contribution < 1.29 is 5.11 Å². The minimum Gasteiger partial charge on any atom is -0.387 e. The summed E-state index contributed by atoms with van der Waals surface area (Å²) in [5, 5.41) is 9.72. The maximum atomic E-state index is 9.72. The third-order valence-corrected chi connectivity index (χ3v) is 2.08. The molecule has 2 heteroatoms. The van der Waals surface area contributed by atoms with Crippen LogP contribution in [-0.2, 0) is 0 Å². The van der Waals surface area contributed by atoms with Gasteiger partial charge in [0.15, 0.2) is 0 Å². The van der Waals surface area contributed by atoms with Gasteiger partial charge in [-0.25, -0.2) is 0 Å². The minimum atomic E-state index is -0.557. The fraction of sp³-hybridized carbons (Fsp3) is 0.455. The van der Waals surface area contributed by atoms with Crippen molar-refractivity contribution in [2.75, 3.05) is 0 Å². The van der Waals surface area contributed by atoms with E-state index in [0.717, 1.165) is 16.7 Å². The quantitative estimate of drug-likeness (QED) is 0.725. The molecule has 1 rings (SSSR count). The summed E-state index contributed by atoms with van der Waals surface area (Å²) in [5.74, 6) is 0. The summed E-state index contributed by atoms with van der Waals surface area (Å²) in [6, 6.07) is 5.81. The Hall–Kier alpha value is -0.860. The van der Waals surface area contributed by atoms with Crippen LogP contribution < -0.4 is 5.73 Å². The SMILES string of the molecule is Cc1cc(C)cc(C(O)C(C)N)c1. The zero-order valence-electron chi connectivity index (χ0n) is 8.41. The van der Waals surface area contributed by atoms with Crippen molar-refractivity contribution in [2.45, 2.75) is 32.9 Å². The summed E-state index contributed by atoms with van der Waals surface area (Å²) < 4.78 is 0. The standard InChI is InChI=1S/C11H17NO/c1-7-4-8(2)6-10(5-7)11(13)9(3)12/h4-6,9,11,13H,12H2,1-3H3. The van der Waals surface area contributed by atoms with E-state index in [4.69, 9.17) is 5.73 Å². The van der Waals surface area contributed by atoms with Crippen molar-refractivity contribution in [3.63, 3.8) is 0 Å². The summed E-state index contributed by atoms with van der Waals surface area (Å²) >= 11 is 0. The van der Waals surface area contributed by atoms with Crippen molar-refractivity contribution in [1.29, 1.82) is 0 Å². The highest BCUT2D eigenvalue weighted by molar-refractivity contribution is 5.30. The molecule has 0 spiro atoms. The van der Waals surface area contributed by atoms with Crippen LogP contribution in [0, 0.1) is 13.8 Å². The Balaban J connectivity index is 3.01. The normalized spacial score (nSPS) is 15.5. The molecule has 0 aliphatic rings. The van der Waals surface area contributed by atoms with E-state index in [1.807, 2.05) is 32.9 Å². The minimum absolute atomic E-state index is 0.221. The zero-order chi connectivity index (χ0) is 10.0. The Morgan fingerprint density at radius 1 is 1.15 bits per heavy atom. The second kappa shape index (κ2) is 3.90. The van der Waals surface area contributed by atoms with Crippen LogP contribution in [-0.4, -0.2) is 11.1 Å². The van der Waals surface area contributed by atoms with E-state index >= 15 is 0 Å². The molecule has 72 valence electrons. The molecule has 2 unspecified atom stereocenters. The van der Waals surface area contributed by atoms with Crippen molar-refractivity contribution in [3.8, 4) is 0 Å². The summed E-state index contributed by atoms with van der Waals surface area (Å²) in [6.07, 6.45) is -0.557. The molecule has 1 aromatic rings. The molecule has 0 bridgehead atoms. The molecule has 0 heterocycles. The Bertz CT molecular complexity index is 274. The molecule has 0 aromatic heterocycles. The lowest BCUT2D eigenvalue weighted by atomic mass is 10.00. The van der Waals surface area contributed by atoms with Crippen LogP contribution in [0.2, 0.25) is 0 Å². The van der Waals surface area contributed by atoms with Crippen LogP contribution >= 0.6 is 0 Å². The van der Waals surface area contributed by atoms with Crippen LogP contribution in [0.1, 0.15) is 29.7 Å². The number of nitrogens with two attached hydrogens (primary N) is 1. The number of benzene rings is 1. The molecule has 0 saturated heterocycles. The molecule has 1 aromatic carbocycles. The number of aliphatic hydroxyl groups excluding tert-OH is 1. The highest BCUT2D eigenvalue weighted by atomic mass is 16.3. The maximum absolute atomic E-state index is 9.72. The topological polar surface area (TPSA) is 46.2 Å². The first kappa shape index (κ1) is 10.2. The molecule has 0 aliphatic heterocycles. The van der Waals surface area contributed by atoms with Gasteiger partial charge in [0.1, 0.15) is 0 Å². The van der Waals surface area contributed by atoms with Gasteiger partial charge in [-0.05, 0) is 26.3 Å². The van der Waals surface area contributed by atoms with E-state index in [1.54, 1.807) is 0 Å². The van der Waals surface area contributed by atoms with Crippen molar-refractivity contribution in [2.24, 2.45) is 5.73 Å². The smallest absolute Gasteiger partial charge is 0.0938 e. The summed E-state index contributed by atoms with van der Waals surface area (Å²) in [5.41, 5.74) is 8.85. The molecular weight excluding hydrogens is 162 g/mol. The van der Waals surface area contributed by atoms with Gasteiger partial charge in [-0.3, -0.25) is 0 Å². The average molecular weight is 179 g/mol. The van der Waals surface area contributed by atoms with E-state index < -0.39 is 6.10 Å². The maximum Gasteiger partial charge on any atom is 0.0938 e. The monoisotopic (exact) mass is 179 g/mol. The number of hydrogen-bond donors (Lipinski definition) is 2. The lowest BCUT2D eigenvalue weighted by Crippen LogP contribution is -2.24. The van der Waals surface area contributed by atoms with Gasteiger partial charge in [-0.1, -0.05) is 29.3 Å². The highest BCUT2D eigenvalue weighted by Crippen LogP contribution is 2.18. The highest BCUT2D eigenvalue weighted by Gasteiger charge is 2.12. The van der Waals surface area contributed by atoms with E-state index in [1.165, 1.54) is 0 Å². The Morgan fingerprint density at radius 2 is 1.62 bits per heavy atom. The molecular formula is C11H17NO. The third kappa shape index (κ3) is 2.54. The number of aliphatic hydroxyl groups is 1. The average Bonchev–Trinajstić information content (AvgIpc) is 2.01. The van der Waals surface area contributed by atoms with Crippen LogP contribution in [0.15, 0.2) is 18.2 Å². The Labute approximate surface area is 79.4 Å². The number of aryl methyl sites for hydroxylation is 2. The van der Waals surface area contributed by atoms with Gasteiger partial charge in [0, 0.05) is 6.04 Å². The molecule has 2 atom stereocenters. The first-order chi connectivity index (χ1) is 6.00. The van der Waals surface area contributed by atoms with Crippen LogP contribution in [0.5, 0.6) is 0 Å². The molecule has 0 amide bonds. The molecule has 0 aliphatic carbocycles. The van der Waals surface area contributed by atoms with Gasteiger partial charge in [0.25, 0.3) is 0 Å². The predicted molar refractivity (Wildman–Crippen MR) is 54.5 cm³/mol. The van der Waals surface area contributed by atoms with E-state index in [9.17, 15) is 5.11 Å². The van der Waals surface area contributed by atoms with Crippen LogP contribution in [0.25, 0.3) is 0 Å². The van der Waals surface area contributed by atoms with Gasteiger partial charge >= 0.3 is 0 Å². The van der Waals surface area contributed by atoms with Gasteiger partial charge in [-0.15, -0.1) is 0 Å². The fourth-order valence-corrected chi connectivity index (χ4v) is 1.48. The van der Waals surface area contributed by atoms with Gasteiger partial charge in [0.2, 0.25) is 0 Å². The predicted octanol–water partition coefficient (Wildman–Crippen LogP) is 1.68. The van der Waals surface area contributed by atoms with Crippen molar-refractivity contribution >= 4 is 0 Å². The lowest BCUT2D eigenvalue weighted by Gasteiger charge is -2.15. The Kier molecular flexibility index (Phi) is 3.07. The van der Waals surface area contributed by atoms with Crippen LogP contribution in [0.3, 0.4) is 0 Å². The fourth-order valence-electron chi connectivity index (χ4n) is 1.48.